The third-order valence-corrected chi connectivity index (χ3v) is 2.97. The molecule has 15 heavy (non-hydrogen) atoms. The van der Waals surface area contributed by atoms with Gasteiger partial charge in [0.05, 0.1) is 5.69 Å². The SMILES string of the molecule is Nc1nc(SCc2ccc(Br)cn2)n[nH]1. The van der Waals surface area contributed by atoms with Gasteiger partial charge in [0.25, 0.3) is 0 Å². The van der Waals surface area contributed by atoms with E-state index >= 15 is 0 Å². The zero-order valence-electron chi connectivity index (χ0n) is 7.64. The van der Waals surface area contributed by atoms with Gasteiger partial charge in [-0.1, -0.05) is 11.8 Å². The van der Waals surface area contributed by atoms with Crippen LogP contribution in [0, 0.1) is 0 Å². The fraction of sp³-hybridized carbons (Fsp3) is 0.125. The molecule has 0 spiro atoms. The van der Waals surface area contributed by atoms with Crippen molar-refractivity contribution in [3.63, 3.8) is 0 Å². The highest BCUT2D eigenvalue weighted by atomic mass is 79.9. The predicted octanol–water partition coefficient (Wildman–Crippen LogP) is 1.84. The molecule has 2 rings (SSSR count). The Labute approximate surface area is 99.0 Å². The van der Waals surface area contributed by atoms with Crippen LogP contribution in [-0.2, 0) is 5.75 Å². The molecule has 7 heteroatoms. The quantitative estimate of drug-likeness (QED) is 0.841. The number of pyridine rings is 1. The first-order valence-corrected chi connectivity index (χ1v) is 5.93. The number of aromatic nitrogens is 4. The lowest BCUT2D eigenvalue weighted by atomic mass is 10.4. The number of aromatic amines is 1. The lowest BCUT2D eigenvalue weighted by molar-refractivity contribution is 0.971. The van der Waals surface area contributed by atoms with E-state index in [1.165, 1.54) is 11.8 Å². The molecule has 78 valence electrons. The lowest BCUT2D eigenvalue weighted by Crippen LogP contribution is -1.87. The first kappa shape index (κ1) is 10.4. The Bertz CT molecular complexity index is 441. The van der Waals surface area contributed by atoms with Gasteiger partial charge in [-0.25, -0.2) is 5.10 Å². The Morgan fingerprint density at radius 2 is 2.33 bits per heavy atom. The molecule has 0 saturated heterocycles. The molecule has 0 aliphatic rings. The molecule has 2 aromatic rings. The molecule has 2 aromatic heterocycles. The highest BCUT2D eigenvalue weighted by molar-refractivity contribution is 9.10. The van der Waals surface area contributed by atoms with E-state index in [2.05, 4.69) is 36.1 Å². The monoisotopic (exact) mass is 285 g/mol. The van der Waals surface area contributed by atoms with E-state index in [0.29, 0.717) is 11.1 Å². The van der Waals surface area contributed by atoms with Gasteiger partial charge in [-0.3, -0.25) is 4.98 Å². The summed E-state index contributed by atoms with van der Waals surface area (Å²) in [4.78, 5) is 8.22. The molecule has 0 unspecified atom stereocenters. The molecule has 0 radical (unpaired) electrons. The summed E-state index contributed by atoms with van der Waals surface area (Å²) in [5.41, 5.74) is 6.38. The topological polar surface area (TPSA) is 80.5 Å². The predicted molar refractivity (Wildman–Crippen MR) is 62.3 cm³/mol. The molecule has 0 fully saturated rings. The molecular weight excluding hydrogens is 278 g/mol. The van der Waals surface area contributed by atoms with E-state index in [9.17, 15) is 0 Å². The highest BCUT2D eigenvalue weighted by Gasteiger charge is 2.02. The highest BCUT2D eigenvalue weighted by Crippen LogP contribution is 2.18. The van der Waals surface area contributed by atoms with E-state index in [-0.39, 0.29) is 0 Å². The zero-order chi connectivity index (χ0) is 10.7. The third-order valence-electron chi connectivity index (χ3n) is 1.62. The summed E-state index contributed by atoms with van der Waals surface area (Å²) >= 11 is 4.82. The summed E-state index contributed by atoms with van der Waals surface area (Å²) < 4.78 is 0.971. The Morgan fingerprint density at radius 1 is 1.47 bits per heavy atom. The van der Waals surface area contributed by atoms with E-state index in [4.69, 9.17) is 5.73 Å². The van der Waals surface area contributed by atoms with Crippen LogP contribution in [0.1, 0.15) is 5.69 Å². The molecule has 0 atom stereocenters. The molecule has 3 N–H and O–H groups in total. The Morgan fingerprint density at radius 3 is 2.93 bits per heavy atom. The molecule has 0 aliphatic heterocycles. The Kier molecular flexibility index (Phi) is 3.22. The fourth-order valence-corrected chi connectivity index (χ4v) is 1.91. The van der Waals surface area contributed by atoms with Gasteiger partial charge in [0.15, 0.2) is 0 Å². The zero-order valence-corrected chi connectivity index (χ0v) is 10.0. The van der Waals surface area contributed by atoms with Crippen molar-refractivity contribution in [1.82, 2.24) is 20.2 Å². The van der Waals surface area contributed by atoms with Crippen LogP contribution in [0.3, 0.4) is 0 Å². The van der Waals surface area contributed by atoms with Gasteiger partial charge in [-0.15, -0.1) is 5.10 Å². The van der Waals surface area contributed by atoms with E-state index in [0.717, 1.165) is 15.9 Å². The van der Waals surface area contributed by atoms with Crippen molar-refractivity contribution in [2.45, 2.75) is 10.9 Å². The molecular formula is C8H8BrN5S. The van der Waals surface area contributed by atoms with Crippen LogP contribution in [0.25, 0.3) is 0 Å². The van der Waals surface area contributed by atoms with Crippen LogP contribution in [0.2, 0.25) is 0 Å². The van der Waals surface area contributed by atoms with Gasteiger partial charge in [0.2, 0.25) is 11.1 Å². The number of nitrogen functional groups attached to an aromatic ring is 1. The van der Waals surface area contributed by atoms with Crippen LogP contribution in [0.15, 0.2) is 28.0 Å². The molecule has 5 nitrogen and oxygen atoms in total. The second-order valence-corrected chi connectivity index (χ2v) is 4.62. The van der Waals surface area contributed by atoms with E-state index in [1.807, 2.05) is 12.1 Å². The first-order valence-electron chi connectivity index (χ1n) is 4.15. The molecule has 0 amide bonds. The number of hydrogen-bond acceptors (Lipinski definition) is 5. The summed E-state index contributed by atoms with van der Waals surface area (Å²) in [6.45, 7) is 0. The summed E-state index contributed by atoms with van der Waals surface area (Å²) in [6, 6.07) is 3.91. The third kappa shape index (κ3) is 2.93. The molecule has 2 heterocycles. The average molecular weight is 286 g/mol. The average Bonchev–Trinajstić information content (AvgIpc) is 2.64. The van der Waals surface area contributed by atoms with Gasteiger partial charge in [0, 0.05) is 16.4 Å². The van der Waals surface area contributed by atoms with Crippen LogP contribution < -0.4 is 5.73 Å². The second kappa shape index (κ2) is 4.63. The fourth-order valence-electron chi connectivity index (χ4n) is 0.953. The minimum Gasteiger partial charge on any atom is -0.368 e. The number of nitrogens with zero attached hydrogens (tertiary/aromatic N) is 3. The molecule has 0 saturated carbocycles. The number of rotatable bonds is 3. The first-order chi connectivity index (χ1) is 7.24. The van der Waals surface area contributed by atoms with Crippen molar-refractivity contribution in [2.75, 3.05) is 5.73 Å². The number of nitrogens with one attached hydrogen (secondary N) is 1. The van der Waals surface area contributed by atoms with Crippen molar-refractivity contribution < 1.29 is 0 Å². The van der Waals surface area contributed by atoms with Crippen molar-refractivity contribution in [1.29, 1.82) is 0 Å². The maximum Gasteiger partial charge on any atom is 0.216 e. The molecule has 0 bridgehead atoms. The van der Waals surface area contributed by atoms with Gasteiger partial charge >= 0.3 is 0 Å². The van der Waals surface area contributed by atoms with Crippen LogP contribution in [0.5, 0.6) is 0 Å². The maximum absolute atomic E-state index is 5.40. The van der Waals surface area contributed by atoms with Crippen molar-refractivity contribution in [3.8, 4) is 0 Å². The van der Waals surface area contributed by atoms with Crippen molar-refractivity contribution in [3.05, 3.63) is 28.5 Å². The van der Waals surface area contributed by atoms with Gasteiger partial charge in [-0.2, -0.15) is 4.98 Å². The summed E-state index contributed by atoms with van der Waals surface area (Å²) in [5, 5.41) is 7.13. The maximum atomic E-state index is 5.40. The number of hydrogen-bond donors (Lipinski definition) is 2. The smallest absolute Gasteiger partial charge is 0.216 e. The molecule has 0 aliphatic carbocycles. The van der Waals surface area contributed by atoms with Crippen molar-refractivity contribution >= 4 is 33.6 Å². The minimum atomic E-state index is 0.335. The second-order valence-electron chi connectivity index (χ2n) is 2.76. The summed E-state index contributed by atoms with van der Waals surface area (Å²) in [7, 11) is 0. The van der Waals surface area contributed by atoms with Gasteiger partial charge < -0.3 is 5.73 Å². The van der Waals surface area contributed by atoms with Gasteiger partial charge in [0.1, 0.15) is 0 Å². The Balaban J connectivity index is 1.96. The minimum absolute atomic E-state index is 0.335. The number of H-pyrrole nitrogens is 1. The van der Waals surface area contributed by atoms with Crippen LogP contribution in [-0.4, -0.2) is 20.2 Å². The van der Waals surface area contributed by atoms with Gasteiger partial charge in [-0.05, 0) is 28.1 Å². The standard InChI is InChI=1S/C8H8BrN5S/c9-5-1-2-6(11-3-5)4-15-8-12-7(10)13-14-8/h1-3H,4H2,(H3,10,12,13,14). The molecule has 0 aromatic carbocycles. The largest absolute Gasteiger partial charge is 0.368 e. The number of halogens is 1. The van der Waals surface area contributed by atoms with E-state index in [1.54, 1.807) is 6.20 Å². The lowest BCUT2D eigenvalue weighted by Gasteiger charge is -1.97. The Hall–Kier alpha value is -1.08. The number of thioether (sulfide) groups is 1. The summed E-state index contributed by atoms with van der Waals surface area (Å²) in [5.74, 6) is 1.06. The number of nitrogens with two attached hydrogens (primary N) is 1. The summed E-state index contributed by atoms with van der Waals surface area (Å²) in [6.07, 6.45) is 1.77. The number of anilines is 1. The normalized spacial score (nSPS) is 10.5. The van der Waals surface area contributed by atoms with E-state index < -0.39 is 0 Å². The van der Waals surface area contributed by atoms with Crippen LogP contribution >= 0.6 is 27.7 Å². The van der Waals surface area contributed by atoms with Crippen molar-refractivity contribution in [2.24, 2.45) is 0 Å². The van der Waals surface area contributed by atoms with Crippen LogP contribution in [0.4, 0.5) is 5.95 Å².